The molecule has 0 saturated heterocycles. The Bertz CT molecular complexity index is 3010. The minimum absolute atomic E-state index is 0.271. The van der Waals surface area contributed by atoms with Crippen LogP contribution < -0.4 is 10.4 Å². The molecule has 9 aromatic rings. The summed E-state index contributed by atoms with van der Waals surface area (Å²) < 4.78 is 2.66. The lowest BCUT2D eigenvalue weighted by Gasteiger charge is -2.33. The van der Waals surface area contributed by atoms with E-state index in [1.165, 1.54) is 96.7 Å². The normalized spacial score (nSPS) is 16.6. The molecule has 0 amide bonds. The molecule has 2 heterocycles. The number of rotatable bonds is 4. The maximum Gasteiger partial charge on any atom is 0.0361 e. The third-order valence-corrected chi connectivity index (χ3v) is 13.0. The zero-order chi connectivity index (χ0) is 34.2. The predicted octanol–water partition coefficient (Wildman–Crippen LogP) is 12.5. The third kappa shape index (κ3) is 4.51. The molecule has 7 aromatic carbocycles. The van der Waals surface area contributed by atoms with Crippen LogP contribution in [0.5, 0.6) is 0 Å². The van der Waals surface area contributed by atoms with E-state index < -0.39 is 0 Å². The minimum atomic E-state index is 0.271. The van der Waals surface area contributed by atoms with Gasteiger partial charge in [0.05, 0.1) is 0 Å². The molecule has 2 unspecified atom stereocenters. The van der Waals surface area contributed by atoms with Crippen LogP contribution in [-0.2, 0) is 0 Å². The van der Waals surface area contributed by atoms with Crippen molar-refractivity contribution in [3.8, 4) is 22.3 Å². The average Bonchev–Trinajstić information content (AvgIpc) is 3.87. The molecule has 0 spiro atoms. The summed E-state index contributed by atoms with van der Waals surface area (Å²) in [5.41, 5.74) is 10.7. The third-order valence-electron chi connectivity index (χ3n) is 11.2. The molecular formula is C50H32S2. The van der Waals surface area contributed by atoms with E-state index in [2.05, 4.69) is 181 Å². The zero-order valence-corrected chi connectivity index (χ0v) is 29.9. The van der Waals surface area contributed by atoms with Gasteiger partial charge in [-0.3, -0.25) is 0 Å². The Morgan fingerprint density at radius 2 is 0.962 bits per heavy atom. The highest BCUT2D eigenvalue weighted by Crippen LogP contribution is 2.46. The quantitative estimate of drug-likeness (QED) is 0.161. The SMILES string of the molecule is C1=CC2C(c3ccccc3)=c3ccccc3=C(c3ccc4c(c3)sc3ccc(-c5c6ccccc6c(-c6ccsc6)c6ccccc56)cc34)C2C=C1. The van der Waals surface area contributed by atoms with Crippen LogP contribution in [0.4, 0.5) is 0 Å². The number of thiophene rings is 2. The molecule has 2 aliphatic rings. The summed E-state index contributed by atoms with van der Waals surface area (Å²) in [7, 11) is 0. The molecule has 2 atom stereocenters. The first-order valence-electron chi connectivity index (χ1n) is 18.0. The van der Waals surface area contributed by atoms with Crippen LogP contribution >= 0.6 is 22.7 Å². The molecule has 0 N–H and O–H groups in total. The largest absolute Gasteiger partial charge is 0.152 e. The number of allylic oxidation sites excluding steroid dienone is 4. The molecular weight excluding hydrogens is 665 g/mol. The van der Waals surface area contributed by atoms with Crippen LogP contribution in [0, 0.1) is 11.8 Å². The minimum Gasteiger partial charge on any atom is -0.152 e. The van der Waals surface area contributed by atoms with E-state index in [0.717, 1.165) is 0 Å². The first-order chi connectivity index (χ1) is 25.8. The molecule has 52 heavy (non-hydrogen) atoms. The van der Waals surface area contributed by atoms with Gasteiger partial charge in [-0.2, -0.15) is 11.3 Å². The predicted molar refractivity (Wildman–Crippen MR) is 226 cm³/mol. The molecule has 0 nitrogen and oxygen atoms in total. The van der Waals surface area contributed by atoms with Crippen molar-refractivity contribution in [2.45, 2.75) is 0 Å². The Labute approximate surface area is 310 Å². The van der Waals surface area contributed by atoms with Crippen molar-refractivity contribution in [2.75, 3.05) is 0 Å². The van der Waals surface area contributed by atoms with Gasteiger partial charge in [0, 0.05) is 32.0 Å². The van der Waals surface area contributed by atoms with Crippen LogP contribution in [0.15, 0.2) is 181 Å². The van der Waals surface area contributed by atoms with Gasteiger partial charge in [-0.05, 0) is 112 Å². The second-order valence-electron chi connectivity index (χ2n) is 13.9. The van der Waals surface area contributed by atoms with Crippen LogP contribution in [0.3, 0.4) is 0 Å². The second-order valence-corrected chi connectivity index (χ2v) is 15.8. The van der Waals surface area contributed by atoms with Crippen molar-refractivity contribution in [2.24, 2.45) is 11.8 Å². The molecule has 2 aromatic heterocycles. The van der Waals surface area contributed by atoms with Gasteiger partial charge in [-0.25, -0.2) is 0 Å². The highest BCUT2D eigenvalue weighted by atomic mass is 32.1. The van der Waals surface area contributed by atoms with Crippen molar-refractivity contribution in [3.05, 3.63) is 202 Å². The van der Waals surface area contributed by atoms with E-state index in [1.54, 1.807) is 11.3 Å². The van der Waals surface area contributed by atoms with E-state index in [0.29, 0.717) is 0 Å². The number of hydrogen-bond donors (Lipinski definition) is 0. The number of benzene rings is 7. The van der Waals surface area contributed by atoms with Gasteiger partial charge in [0.25, 0.3) is 0 Å². The molecule has 2 aliphatic carbocycles. The van der Waals surface area contributed by atoms with Gasteiger partial charge >= 0.3 is 0 Å². The lowest BCUT2D eigenvalue weighted by Crippen LogP contribution is -2.40. The summed E-state index contributed by atoms with van der Waals surface area (Å²) in [6, 6.07) is 54.5. The van der Waals surface area contributed by atoms with E-state index >= 15 is 0 Å². The van der Waals surface area contributed by atoms with E-state index in [9.17, 15) is 0 Å². The smallest absolute Gasteiger partial charge is 0.0361 e. The summed E-state index contributed by atoms with van der Waals surface area (Å²) in [4.78, 5) is 0. The maximum absolute atomic E-state index is 2.46. The Hall–Kier alpha value is -5.80. The monoisotopic (exact) mass is 696 g/mol. The first-order valence-corrected chi connectivity index (χ1v) is 19.7. The summed E-state index contributed by atoms with van der Waals surface area (Å²) >= 11 is 3.67. The van der Waals surface area contributed by atoms with Crippen LogP contribution in [0.1, 0.15) is 11.1 Å². The van der Waals surface area contributed by atoms with Crippen LogP contribution in [0.2, 0.25) is 0 Å². The molecule has 0 fully saturated rings. The lowest BCUT2D eigenvalue weighted by atomic mass is 9.70. The summed E-state index contributed by atoms with van der Waals surface area (Å²) in [5, 5.41) is 15.0. The summed E-state index contributed by atoms with van der Waals surface area (Å²) in [5.74, 6) is 0.556. The topological polar surface area (TPSA) is 0 Å². The average molecular weight is 697 g/mol. The molecule has 11 rings (SSSR count). The fraction of sp³-hybridized carbons (Fsp3) is 0.0400. The molecule has 0 bridgehead atoms. The molecule has 244 valence electrons. The molecule has 0 radical (unpaired) electrons. The summed E-state index contributed by atoms with van der Waals surface area (Å²) in [6.07, 6.45) is 9.28. The van der Waals surface area contributed by atoms with Crippen molar-refractivity contribution in [1.82, 2.24) is 0 Å². The van der Waals surface area contributed by atoms with Crippen molar-refractivity contribution in [1.29, 1.82) is 0 Å². The first kappa shape index (κ1) is 29.9. The van der Waals surface area contributed by atoms with Crippen LogP contribution in [-0.4, -0.2) is 0 Å². The summed E-state index contributed by atoms with van der Waals surface area (Å²) in [6.45, 7) is 0. The van der Waals surface area contributed by atoms with Gasteiger partial charge in [0.1, 0.15) is 0 Å². The Morgan fingerprint density at radius 1 is 0.385 bits per heavy atom. The zero-order valence-electron chi connectivity index (χ0n) is 28.3. The van der Waals surface area contributed by atoms with E-state index in [-0.39, 0.29) is 11.8 Å². The Kier molecular flexibility index (Phi) is 6.83. The lowest BCUT2D eigenvalue weighted by molar-refractivity contribution is 0.686. The van der Waals surface area contributed by atoms with Crippen LogP contribution in [0.25, 0.3) is 75.1 Å². The molecule has 0 aliphatic heterocycles. The number of hydrogen-bond acceptors (Lipinski definition) is 2. The second kappa shape index (κ2) is 11.9. The fourth-order valence-electron chi connectivity index (χ4n) is 9.04. The Balaban J connectivity index is 1.12. The van der Waals surface area contributed by atoms with Gasteiger partial charge in [-0.15, -0.1) is 11.3 Å². The molecule has 0 saturated carbocycles. The van der Waals surface area contributed by atoms with Gasteiger partial charge in [0.2, 0.25) is 0 Å². The van der Waals surface area contributed by atoms with Crippen molar-refractivity contribution in [3.63, 3.8) is 0 Å². The van der Waals surface area contributed by atoms with Gasteiger partial charge in [-0.1, -0.05) is 146 Å². The fourth-order valence-corrected chi connectivity index (χ4v) is 10.8. The Morgan fingerprint density at radius 3 is 1.60 bits per heavy atom. The maximum atomic E-state index is 2.46. The number of fused-ring (bicyclic) bond motifs is 7. The standard InChI is InChI=1S/C50H32S2/c1-2-12-31(13-3-1)47-36-14-4-6-16-38(36)49(39-17-7-5-15-37(39)47)33-22-24-35-44-28-32(23-25-45(44)52-46(35)29-33)48-40-18-8-10-20-42(40)50(34-26-27-51-30-34)43-21-11-9-19-41(43)48/h1-30,36,38H. The van der Waals surface area contributed by atoms with E-state index in [4.69, 9.17) is 0 Å². The van der Waals surface area contributed by atoms with Gasteiger partial charge < -0.3 is 0 Å². The van der Waals surface area contributed by atoms with Crippen molar-refractivity contribution < 1.29 is 0 Å². The highest BCUT2D eigenvalue weighted by molar-refractivity contribution is 7.25. The van der Waals surface area contributed by atoms with E-state index in [1.807, 2.05) is 11.3 Å². The highest BCUT2D eigenvalue weighted by Gasteiger charge is 2.32. The van der Waals surface area contributed by atoms with Crippen molar-refractivity contribution >= 4 is 75.5 Å². The van der Waals surface area contributed by atoms with Gasteiger partial charge in [0.15, 0.2) is 0 Å². The molecule has 2 heteroatoms.